The predicted octanol–water partition coefficient (Wildman–Crippen LogP) is 3.19. The first kappa shape index (κ1) is 15.5. The van der Waals surface area contributed by atoms with Gasteiger partial charge in [0.15, 0.2) is 0 Å². The Labute approximate surface area is 127 Å². The Balaban J connectivity index is 2.09. The van der Waals surface area contributed by atoms with Crippen molar-refractivity contribution >= 4 is 16.7 Å². The fourth-order valence-corrected chi connectivity index (χ4v) is 2.66. The van der Waals surface area contributed by atoms with Crippen LogP contribution in [-0.4, -0.2) is 30.4 Å². The maximum atomic E-state index is 12.3. The first-order chi connectivity index (χ1) is 10.2. The van der Waals surface area contributed by atoms with Gasteiger partial charge in [0.1, 0.15) is 0 Å². The number of benzene rings is 2. The zero-order valence-electron chi connectivity index (χ0n) is 13.1. The van der Waals surface area contributed by atoms with Crippen LogP contribution in [0.4, 0.5) is 0 Å². The molecule has 0 spiro atoms. The lowest BCUT2D eigenvalue weighted by Crippen LogP contribution is -2.44. The van der Waals surface area contributed by atoms with Gasteiger partial charge in [0.2, 0.25) is 5.91 Å². The summed E-state index contributed by atoms with van der Waals surface area (Å²) < 4.78 is 0. The molecule has 0 bridgehead atoms. The monoisotopic (exact) mass is 284 g/mol. The lowest BCUT2D eigenvalue weighted by atomic mass is 10.0. The van der Waals surface area contributed by atoms with Gasteiger partial charge >= 0.3 is 0 Å². The van der Waals surface area contributed by atoms with Crippen molar-refractivity contribution in [3.63, 3.8) is 0 Å². The molecule has 2 aromatic carbocycles. The smallest absolute Gasteiger partial charge is 0.237 e. The SMILES string of the molecule is CCC(C(=O)NCc1cccc2ccccc12)N(C)CC. The van der Waals surface area contributed by atoms with E-state index in [0.717, 1.165) is 18.5 Å². The van der Waals surface area contributed by atoms with Crippen molar-refractivity contribution in [2.75, 3.05) is 13.6 Å². The van der Waals surface area contributed by atoms with Crippen molar-refractivity contribution in [3.8, 4) is 0 Å². The van der Waals surface area contributed by atoms with Gasteiger partial charge in [-0.15, -0.1) is 0 Å². The van der Waals surface area contributed by atoms with Crippen LogP contribution in [0.25, 0.3) is 10.8 Å². The first-order valence-corrected chi connectivity index (χ1v) is 7.62. The van der Waals surface area contributed by atoms with Crippen molar-refractivity contribution in [2.45, 2.75) is 32.9 Å². The van der Waals surface area contributed by atoms with E-state index in [1.807, 2.05) is 32.2 Å². The Bertz CT molecular complexity index is 604. The van der Waals surface area contributed by atoms with Gasteiger partial charge in [0, 0.05) is 6.54 Å². The standard InChI is InChI=1S/C18H24N2O/c1-4-17(20(3)5-2)18(21)19-13-15-11-8-10-14-9-6-7-12-16(14)15/h6-12,17H,4-5,13H2,1-3H3,(H,19,21). The minimum atomic E-state index is -0.0509. The number of fused-ring (bicyclic) bond motifs is 1. The quantitative estimate of drug-likeness (QED) is 0.883. The zero-order valence-corrected chi connectivity index (χ0v) is 13.1. The van der Waals surface area contributed by atoms with Crippen LogP contribution in [0, 0.1) is 0 Å². The summed E-state index contributed by atoms with van der Waals surface area (Å²) in [5.41, 5.74) is 1.16. The summed E-state index contributed by atoms with van der Waals surface area (Å²) in [6.45, 7) is 5.57. The predicted molar refractivity (Wildman–Crippen MR) is 88.2 cm³/mol. The molecule has 3 nitrogen and oxygen atoms in total. The summed E-state index contributed by atoms with van der Waals surface area (Å²) in [5, 5.41) is 5.49. The molecule has 0 saturated heterocycles. The molecule has 0 aromatic heterocycles. The number of hydrogen-bond donors (Lipinski definition) is 1. The highest BCUT2D eigenvalue weighted by atomic mass is 16.2. The van der Waals surface area contributed by atoms with E-state index >= 15 is 0 Å². The van der Waals surface area contributed by atoms with E-state index in [1.165, 1.54) is 10.8 Å². The van der Waals surface area contributed by atoms with Gasteiger partial charge < -0.3 is 5.32 Å². The van der Waals surface area contributed by atoms with E-state index in [0.29, 0.717) is 6.54 Å². The van der Waals surface area contributed by atoms with Crippen molar-refractivity contribution in [2.24, 2.45) is 0 Å². The molecule has 112 valence electrons. The van der Waals surface area contributed by atoms with Crippen LogP contribution in [0.15, 0.2) is 42.5 Å². The van der Waals surface area contributed by atoms with E-state index in [2.05, 4.69) is 41.4 Å². The number of nitrogens with one attached hydrogen (secondary N) is 1. The average molecular weight is 284 g/mol. The summed E-state index contributed by atoms with van der Waals surface area (Å²) in [6.07, 6.45) is 0.825. The average Bonchev–Trinajstić information content (AvgIpc) is 2.53. The Kier molecular flexibility index (Phi) is 5.34. The summed E-state index contributed by atoms with van der Waals surface area (Å²) in [5.74, 6) is 0.106. The number of likely N-dealkylation sites (N-methyl/N-ethyl adjacent to an activating group) is 1. The molecule has 0 aliphatic carbocycles. The number of hydrogen-bond acceptors (Lipinski definition) is 2. The number of carbonyl (C=O) groups excluding carboxylic acids is 1. The van der Waals surface area contributed by atoms with Crippen LogP contribution in [0.3, 0.4) is 0 Å². The summed E-state index contributed by atoms with van der Waals surface area (Å²) in [4.78, 5) is 14.4. The maximum Gasteiger partial charge on any atom is 0.237 e. The molecular weight excluding hydrogens is 260 g/mol. The molecule has 1 unspecified atom stereocenters. The Morgan fingerprint density at radius 1 is 1.14 bits per heavy atom. The lowest BCUT2D eigenvalue weighted by molar-refractivity contribution is -0.126. The molecular formula is C18H24N2O. The Hall–Kier alpha value is -1.87. The molecule has 0 radical (unpaired) electrons. The normalized spacial score (nSPS) is 12.6. The molecule has 2 rings (SSSR count). The Morgan fingerprint density at radius 2 is 1.86 bits per heavy atom. The van der Waals surface area contributed by atoms with Crippen LogP contribution in [0.5, 0.6) is 0 Å². The van der Waals surface area contributed by atoms with Gasteiger partial charge in [-0.3, -0.25) is 9.69 Å². The molecule has 0 heterocycles. The molecule has 0 aliphatic heterocycles. The van der Waals surface area contributed by atoms with Gasteiger partial charge in [0.25, 0.3) is 0 Å². The summed E-state index contributed by atoms with van der Waals surface area (Å²) in [6, 6.07) is 14.4. The fraction of sp³-hybridized carbons (Fsp3) is 0.389. The molecule has 1 atom stereocenters. The van der Waals surface area contributed by atoms with Crippen LogP contribution < -0.4 is 5.32 Å². The second kappa shape index (κ2) is 7.23. The van der Waals surface area contributed by atoms with E-state index in [4.69, 9.17) is 0 Å². The number of carbonyl (C=O) groups is 1. The van der Waals surface area contributed by atoms with Crippen LogP contribution in [-0.2, 0) is 11.3 Å². The molecule has 21 heavy (non-hydrogen) atoms. The summed E-state index contributed by atoms with van der Waals surface area (Å²) >= 11 is 0. The highest BCUT2D eigenvalue weighted by molar-refractivity contribution is 5.86. The highest BCUT2D eigenvalue weighted by Gasteiger charge is 2.19. The minimum absolute atomic E-state index is 0.0509. The van der Waals surface area contributed by atoms with Crippen LogP contribution >= 0.6 is 0 Å². The summed E-state index contributed by atoms with van der Waals surface area (Å²) in [7, 11) is 1.99. The highest BCUT2D eigenvalue weighted by Crippen LogP contribution is 2.18. The van der Waals surface area contributed by atoms with E-state index in [9.17, 15) is 4.79 Å². The number of nitrogens with zero attached hydrogens (tertiary/aromatic N) is 1. The molecule has 1 amide bonds. The third-order valence-corrected chi connectivity index (χ3v) is 4.05. The molecule has 3 heteroatoms. The van der Waals surface area contributed by atoms with Gasteiger partial charge in [-0.25, -0.2) is 0 Å². The second-order valence-corrected chi connectivity index (χ2v) is 5.35. The van der Waals surface area contributed by atoms with Gasteiger partial charge in [-0.2, -0.15) is 0 Å². The fourth-order valence-electron chi connectivity index (χ4n) is 2.66. The van der Waals surface area contributed by atoms with Crippen molar-refractivity contribution in [1.82, 2.24) is 10.2 Å². The van der Waals surface area contributed by atoms with E-state index < -0.39 is 0 Å². The van der Waals surface area contributed by atoms with Gasteiger partial charge in [0.05, 0.1) is 6.04 Å². The molecule has 0 aliphatic rings. The van der Waals surface area contributed by atoms with Crippen LogP contribution in [0.2, 0.25) is 0 Å². The van der Waals surface area contributed by atoms with Gasteiger partial charge in [-0.1, -0.05) is 56.3 Å². The van der Waals surface area contributed by atoms with Crippen molar-refractivity contribution < 1.29 is 4.79 Å². The van der Waals surface area contributed by atoms with E-state index in [-0.39, 0.29) is 11.9 Å². The minimum Gasteiger partial charge on any atom is -0.351 e. The zero-order chi connectivity index (χ0) is 15.2. The number of amides is 1. The number of rotatable bonds is 6. The van der Waals surface area contributed by atoms with Crippen molar-refractivity contribution in [1.29, 1.82) is 0 Å². The largest absolute Gasteiger partial charge is 0.351 e. The van der Waals surface area contributed by atoms with Crippen LogP contribution in [0.1, 0.15) is 25.8 Å². The van der Waals surface area contributed by atoms with Gasteiger partial charge in [-0.05, 0) is 36.3 Å². The third-order valence-electron chi connectivity index (χ3n) is 4.05. The van der Waals surface area contributed by atoms with Crippen molar-refractivity contribution in [3.05, 3.63) is 48.0 Å². The molecule has 1 N–H and O–H groups in total. The third kappa shape index (κ3) is 3.61. The molecule has 0 saturated carbocycles. The maximum absolute atomic E-state index is 12.3. The second-order valence-electron chi connectivity index (χ2n) is 5.35. The first-order valence-electron chi connectivity index (χ1n) is 7.62. The molecule has 0 fully saturated rings. The topological polar surface area (TPSA) is 32.3 Å². The Morgan fingerprint density at radius 3 is 2.57 bits per heavy atom. The van der Waals surface area contributed by atoms with E-state index in [1.54, 1.807) is 0 Å². The molecule has 2 aromatic rings. The lowest BCUT2D eigenvalue weighted by Gasteiger charge is -2.24.